The van der Waals surface area contributed by atoms with Crippen LogP contribution in [0.4, 0.5) is 0 Å². The number of cyclic esters (lactones) is 1. The third-order valence-corrected chi connectivity index (χ3v) is 3.88. The third-order valence-electron chi connectivity index (χ3n) is 3.88. The molecule has 0 fully saturated rings. The number of rotatable bonds is 2. The van der Waals surface area contributed by atoms with Gasteiger partial charge in [-0.05, 0) is 32.0 Å². The van der Waals surface area contributed by atoms with Crippen LogP contribution in [-0.2, 0) is 9.53 Å². The highest BCUT2D eigenvalue weighted by Crippen LogP contribution is 2.40. The van der Waals surface area contributed by atoms with E-state index in [-0.39, 0.29) is 6.61 Å². The lowest BCUT2D eigenvalue weighted by Crippen LogP contribution is -2.52. The summed E-state index contributed by atoms with van der Waals surface area (Å²) in [4.78, 5) is 11.2. The molecule has 0 bridgehead atoms. The van der Waals surface area contributed by atoms with Crippen molar-refractivity contribution in [1.82, 2.24) is 5.32 Å². The first-order valence-corrected chi connectivity index (χ1v) is 6.96. The van der Waals surface area contributed by atoms with Crippen molar-refractivity contribution in [3.8, 4) is 11.8 Å². The fourth-order valence-electron chi connectivity index (χ4n) is 2.68. The summed E-state index contributed by atoms with van der Waals surface area (Å²) >= 11 is 0. The van der Waals surface area contributed by atoms with Crippen LogP contribution in [0.1, 0.15) is 31.0 Å². The van der Waals surface area contributed by atoms with Crippen LogP contribution in [-0.4, -0.2) is 29.4 Å². The number of hydrogen-bond donors (Lipinski definition) is 2. The predicted molar refractivity (Wildman–Crippen MR) is 76.8 cm³/mol. The lowest BCUT2D eigenvalue weighted by atomic mass is 9.86. The number of nitrogens with zero attached hydrogens (tertiary/aromatic N) is 1. The van der Waals surface area contributed by atoms with Crippen molar-refractivity contribution in [3.63, 3.8) is 0 Å². The first-order valence-electron chi connectivity index (χ1n) is 6.96. The van der Waals surface area contributed by atoms with Crippen molar-refractivity contribution in [3.05, 3.63) is 41.1 Å². The van der Waals surface area contributed by atoms with E-state index in [9.17, 15) is 9.90 Å². The van der Waals surface area contributed by atoms with E-state index >= 15 is 0 Å². The number of nitrogens with one attached hydrogen (secondary N) is 1. The first kappa shape index (κ1) is 14.4. The number of carbonyl (C=O) groups is 1. The third kappa shape index (κ3) is 2.40. The molecule has 2 aliphatic heterocycles. The van der Waals surface area contributed by atoms with Crippen LogP contribution in [0.3, 0.4) is 0 Å². The summed E-state index contributed by atoms with van der Waals surface area (Å²) in [5.41, 5.74) is 0.961. The van der Waals surface area contributed by atoms with Gasteiger partial charge in [0.25, 0.3) is 0 Å². The van der Waals surface area contributed by atoms with E-state index < -0.39 is 23.7 Å². The molecule has 2 atom stereocenters. The minimum absolute atomic E-state index is 0.149. The molecule has 0 spiro atoms. The van der Waals surface area contributed by atoms with Gasteiger partial charge in [0.1, 0.15) is 24.1 Å². The van der Waals surface area contributed by atoms with E-state index in [0.29, 0.717) is 22.6 Å². The molecule has 3 rings (SSSR count). The van der Waals surface area contributed by atoms with Crippen molar-refractivity contribution in [2.24, 2.45) is 0 Å². The van der Waals surface area contributed by atoms with Crippen LogP contribution in [0.2, 0.25) is 0 Å². The maximum absolute atomic E-state index is 11.2. The number of fused-ring (bicyclic) bond motifs is 1. The second-order valence-corrected chi connectivity index (χ2v) is 5.91. The Labute approximate surface area is 128 Å². The summed E-state index contributed by atoms with van der Waals surface area (Å²) in [6, 6.07) is 6.66. The molecule has 0 radical (unpaired) electrons. The predicted octanol–water partition coefficient (Wildman–Crippen LogP) is 1.16. The lowest BCUT2D eigenvalue weighted by Gasteiger charge is -2.42. The zero-order valence-corrected chi connectivity index (χ0v) is 12.3. The van der Waals surface area contributed by atoms with Crippen LogP contribution in [0.25, 0.3) is 0 Å². The van der Waals surface area contributed by atoms with E-state index in [1.54, 1.807) is 32.0 Å². The molecule has 6 nitrogen and oxygen atoms in total. The maximum atomic E-state index is 11.2. The van der Waals surface area contributed by atoms with Crippen molar-refractivity contribution in [1.29, 1.82) is 5.26 Å². The van der Waals surface area contributed by atoms with Gasteiger partial charge < -0.3 is 19.9 Å². The zero-order valence-electron chi connectivity index (χ0n) is 12.3. The minimum atomic E-state index is -0.856. The number of hydrogen-bond acceptors (Lipinski definition) is 6. The molecule has 0 saturated carbocycles. The number of benzene rings is 1. The van der Waals surface area contributed by atoms with Gasteiger partial charge in [-0.15, -0.1) is 0 Å². The average molecular weight is 300 g/mol. The Balaban J connectivity index is 2.01. The lowest BCUT2D eigenvalue weighted by molar-refractivity contribution is -0.135. The Bertz CT molecular complexity index is 703. The number of esters is 1. The van der Waals surface area contributed by atoms with Crippen LogP contribution in [0.5, 0.6) is 5.75 Å². The van der Waals surface area contributed by atoms with E-state index in [0.717, 1.165) is 0 Å². The molecule has 0 amide bonds. The van der Waals surface area contributed by atoms with Gasteiger partial charge in [0.2, 0.25) is 0 Å². The molecule has 1 aromatic carbocycles. The number of ether oxygens (including phenoxy) is 2. The highest BCUT2D eigenvalue weighted by molar-refractivity contribution is 5.85. The van der Waals surface area contributed by atoms with E-state index in [1.165, 1.54) is 6.08 Å². The SMILES string of the molecule is CC1(C)Oc2ccc(C#N)cc2C(NC2=CC(=O)OC2)C1O. The molecule has 0 saturated heterocycles. The van der Waals surface area contributed by atoms with E-state index in [1.807, 2.05) is 0 Å². The van der Waals surface area contributed by atoms with Gasteiger partial charge in [-0.2, -0.15) is 5.26 Å². The number of nitriles is 1. The van der Waals surface area contributed by atoms with Crippen molar-refractivity contribution in [2.75, 3.05) is 6.61 Å². The monoisotopic (exact) mass is 300 g/mol. The summed E-state index contributed by atoms with van der Waals surface area (Å²) in [5, 5.41) is 22.8. The fraction of sp³-hybridized carbons (Fsp3) is 0.375. The molecule has 1 aromatic rings. The quantitative estimate of drug-likeness (QED) is 0.796. The van der Waals surface area contributed by atoms with Gasteiger partial charge in [0.15, 0.2) is 0 Å². The first-order chi connectivity index (χ1) is 10.4. The maximum Gasteiger partial charge on any atom is 0.333 e. The Morgan fingerprint density at radius 3 is 2.86 bits per heavy atom. The van der Waals surface area contributed by atoms with Gasteiger partial charge >= 0.3 is 5.97 Å². The fourth-order valence-corrected chi connectivity index (χ4v) is 2.68. The van der Waals surface area contributed by atoms with Crippen LogP contribution in [0, 0.1) is 11.3 Å². The Morgan fingerprint density at radius 2 is 2.23 bits per heavy atom. The molecule has 2 heterocycles. The molecule has 22 heavy (non-hydrogen) atoms. The zero-order chi connectivity index (χ0) is 15.9. The van der Waals surface area contributed by atoms with Gasteiger partial charge in [-0.25, -0.2) is 4.79 Å². The second-order valence-electron chi connectivity index (χ2n) is 5.91. The summed E-state index contributed by atoms with van der Waals surface area (Å²) in [6.45, 7) is 3.73. The van der Waals surface area contributed by atoms with Crippen LogP contribution in [0.15, 0.2) is 30.0 Å². The highest BCUT2D eigenvalue weighted by Gasteiger charge is 2.43. The topological polar surface area (TPSA) is 91.6 Å². The highest BCUT2D eigenvalue weighted by atomic mass is 16.5. The molecule has 6 heteroatoms. The molecule has 114 valence electrons. The Hall–Kier alpha value is -2.52. The molecule has 0 aliphatic carbocycles. The number of aliphatic hydroxyl groups excluding tert-OH is 1. The molecule has 2 aliphatic rings. The van der Waals surface area contributed by atoms with E-state index in [2.05, 4.69) is 11.4 Å². The summed E-state index contributed by atoms with van der Waals surface area (Å²) in [5.74, 6) is 0.201. The standard InChI is InChI=1S/C16H16N2O4/c1-16(2)15(20)14(18-10-6-13(19)21-8-10)11-5-9(7-17)3-4-12(11)22-16/h3-6,14-15,18,20H,8H2,1-2H3. The molecular formula is C16H16N2O4. The van der Waals surface area contributed by atoms with Gasteiger partial charge in [0.05, 0.1) is 23.4 Å². The summed E-state index contributed by atoms with van der Waals surface area (Å²) in [7, 11) is 0. The molecule has 0 aromatic heterocycles. The van der Waals surface area contributed by atoms with Crippen molar-refractivity contribution >= 4 is 5.97 Å². The van der Waals surface area contributed by atoms with Gasteiger partial charge in [-0.1, -0.05) is 0 Å². The molecular weight excluding hydrogens is 284 g/mol. The van der Waals surface area contributed by atoms with Gasteiger partial charge in [-0.3, -0.25) is 0 Å². The largest absolute Gasteiger partial charge is 0.485 e. The number of carbonyl (C=O) groups excluding carboxylic acids is 1. The van der Waals surface area contributed by atoms with Crippen molar-refractivity contribution < 1.29 is 19.4 Å². The van der Waals surface area contributed by atoms with Crippen LogP contribution < -0.4 is 10.1 Å². The summed E-state index contributed by atoms with van der Waals surface area (Å²) in [6.07, 6.45) is 0.508. The normalized spacial score (nSPS) is 25.4. The van der Waals surface area contributed by atoms with Crippen LogP contribution >= 0.6 is 0 Å². The van der Waals surface area contributed by atoms with E-state index in [4.69, 9.17) is 14.7 Å². The Morgan fingerprint density at radius 1 is 1.45 bits per heavy atom. The second kappa shape index (κ2) is 5.04. The van der Waals surface area contributed by atoms with Crippen molar-refractivity contribution in [2.45, 2.75) is 31.6 Å². The summed E-state index contributed by atoms with van der Waals surface area (Å²) < 4.78 is 10.7. The van der Waals surface area contributed by atoms with Gasteiger partial charge in [0, 0.05) is 11.6 Å². The molecule has 2 unspecified atom stereocenters. The smallest absolute Gasteiger partial charge is 0.333 e. The number of aliphatic hydroxyl groups is 1. The average Bonchev–Trinajstić information content (AvgIpc) is 2.88. The molecule has 2 N–H and O–H groups in total. The minimum Gasteiger partial charge on any atom is -0.485 e. The Kier molecular flexibility index (Phi) is 3.30.